The highest BCUT2D eigenvalue weighted by molar-refractivity contribution is 5.89. The summed E-state index contributed by atoms with van der Waals surface area (Å²) in [6, 6.07) is 15.1. The van der Waals surface area contributed by atoms with Crippen molar-refractivity contribution in [2.75, 3.05) is 7.11 Å². The van der Waals surface area contributed by atoms with Gasteiger partial charge in [0.1, 0.15) is 18.2 Å². The van der Waals surface area contributed by atoms with E-state index in [9.17, 15) is 14.4 Å². The Bertz CT molecular complexity index is 1150. The Labute approximate surface area is 204 Å². The third-order valence-electron chi connectivity index (χ3n) is 4.83. The molecule has 0 aliphatic rings. The fourth-order valence-corrected chi connectivity index (χ4v) is 3.17. The highest BCUT2D eigenvalue weighted by Crippen LogP contribution is 2.18. The molecule has 9 heteroatoms. The standard InChI is InChI=1S/C26H29N3O6/c1-26(2,3)35-25(32)28-22(24(31)34-16-18-8-6-5-7-9-18)15-29-14-21(27-17-29)19-10-12-20(13-11-19)23(30)33-4/h5-14,17,22H,15-16H2,1-4H3,(H,28,32). The average Bonchev–Trinajstić information content (AvgIpc) is 3.29. The largest absolute Gasteiger partial charge is 0.465 e. The number of hydrogen-bond acceptors (Lipinski definition) is 7. The number of nitrogens with one attached hydrogen (secondary N) is 1. The van der Waals surface area contributed by atoms with E-state index in [1.165, 1.54) is 7.11 Å². The van der Waals surface area contributed by atoms with Crippen molar-refractivity contribution in [3.8, 4) is 11.3 Å². The monoisotopic (exact) mass is 479 g/mol. The van der Waals surface area contributed by atoms with Gasteiger partial charge >= 0.3 is 18.0 Å². The van der Waals surface area contributed by atoms with Crippen LogP contribution in [0.4, 0.5) is 4.79 Å². The van der Waals surface area contributed by atoms with E-state index in [1.807, 2.05) is 30.3 Å². The Kier molecular flexibility index (Phi) is 8.25. The Balaban J connectivity index is 1.72. The van der Waals surface area contributed by atoms with E-state index >= 15 is 0 Å². The van der Waals surface area contributed by atoms with Gasteiger partial charge in [-0.25, -0.2) is 19.4 Å². The summed E-state index contributed by atoms with van der Waals surface area (Å²) in [6.45, 7) is 5.38. The molecule has 1 heterocycles. The lowest BCUT2D eigenvalue weighted by Crippen LogP contribution is -2.46. The molecular formula is C26H29N3O6. The van der Waals surface area contributed by atoms with Crippen molar-refractivity contribution in [1.29, 1.82) is 0 Å². The summed E-state index contributed by atoms with van der Waals surface area (Å²) >= 11 is 0. The minimum atomic E-state index is -1.00. The van der Waals surface area contributed by atoms with E-state index in [4.69, 9.17) is 14.2 Å². The van der Waals surface area contributed by atoms with Gasteiger partial charge < -0.3 is 24.1 Å². The van der Waals surface area contributed by atoms with Crippen molar-refractivity contribution in [2.24, 2.45) is 0 Å². The Morgan fingerprint density at radius 1 is 1.03 bits per heavy atom. The van der Waals surface area contributed by atoms with E-state index < -0.39 is 29.7 Å². The van der Waals surface area contributed by atoms with E-state index in [2.05, 4.69) is 10.3 Å². The molecule has 0 spiro atoms. The highest BCUT2D eigenvalue weighted by atomic mass is 16.6. The number of aromatic nitrogens is 2. The predicted octanol–water partition coefficient (Wildman–Crippen LogP) is 3.97. The quantitative estimate of drug-likeness (QED) is 0.385. The summed E-state index contributed by atoms with van der Waals surface area (Å²) in [5.74, 6) is -1.02. The first-order valence-corrected chi connectivity index (χ1v) is 11.1. The predicted molar refractivity (Wildman–Crippen MR) is 128 cm³/mol. The van der Waals surface area contributed by atoms with Crippen molar-refractivity contribution in [3.63, 3.8) is 0 Å². The smallest absolute Gasteiger partial charge is 0.408 e. The molecule has 35 heavy (non-hydrogen) atoms. The number of hydrogen-bond donors (Lipinski definition) is 1. The van der Waals surface area contributed by atoms with Crippen LogP contribution in [-0.2, 0) is 32.2 Å². The van der Waals surface area contributed by atoms with Gasteiger partial charge in [0.25, 0.3) is 0 Å². The van der Waals surface area contributed by atoms with Gasteiger partial charge in [0.05, 0.1) is 31.2 Å². The first-order chi connectivity index (χ1) is 16.6. The number of carbonyl (C=O) groups excluding carboxylic acids is 3. The van der Waals surface area contributed by atoms with Crippen LogP contribution >= 0.6 is 0 Å². The number of nitrogens with zero attached hydrogens (tertiary/aromatic N) is 2. The third-order valence-corrected chi connectivity index (χ3v) is 4.83. The van der Waals surface area contributed by atoms with Gasteiger partial charge in [0.15, 0.2) is 0 Å². The number of methoxy groups -OCH3 is 1. The zero-order valence-electron chi connectivity index (χ0n) is 20.2. The third kappa shape index (κ3) is 7.70. The van der Waals surface area contributed by atoms with Crippen LogP contribution in [-0.4, -0.2) is 46.3 Å². The van der Waals surface area contributed by atoms with Crippen molar-refractivity contribution in [1.82, 2.24) is 14.9 Å². The molecular weight excluding hydrogens is 450 g/mol. The van der Waals surface area contributed by atoms with Crippen LogP contribution < -0.4 is 5.32 Å². The number of rotatable bonds is 8. The van der Waals surface area contributed by atoms with Crippen LogP contribution in [0.1, 0.15) is 36.7 Å². The average molecular weight is 480 g/mol. The minimum absolute atomic E-state index is 0.0773. The molecule has 3 aromatic rings. The summed E-state index contributed by atoms with van der Waals surface area (Å²) in [4.78, 5) is 41.2. The van der Waals surface area contributed by atoms with Gasteiger partial charge in [0, 0.05) is 11.8 Å². The molecule has 1 atom stereocenters. The molecule has 1 aromatic heterocycles. The number of amides is 1. The maximum absolute atomic E-state index is 12.9. The van der Waals surface area contributed by atoms with Gasteiger partial charge in [0.2, 0.25) is 0 Å². The summed E-state index contributed by atoms with van der Waals surface area (Å²) in [5, 5.41) is 2.60. The number of esters is 2. The molecule has 9 nitrogen and oxygen atoms in total. The van der Waals surface area contributed by atoms with Crippen LogP contribution in [0.15, 0.2) is 67.1 Å². The molecule has 0 radical (unpaired) electrons. The first-order valence-electron chi connectivity index (χ1n) is 11.1. The van der Waals surface area contributed by atoms with E-state index in [-0.39, 0.29) is 13.2 Å². The number of imidazole rings is 1. The fourth-order valence-electron chi connectivity index (χ4n) is 3.17. The maximum Gasteiger partial charge on any atom is 0.408 e. The molecule has 1 N–H and O–H groups in total. The normalized spacial score (nSPS) is 11.9. The topological polar surface area (TPSA) is 109 Å². The summed E-state index contributed by atoms with van der Waals surface area (Å²) in [7, 11) is 1.32. The second kappa shape index (κ2) is 11.3. The second-order valence-corrected chi connectivity index (χ2v) is 8.82. The van der Waals surface area contributed by atoms with Crippen molar-refractivity contribution in [3.05, 3.63) is 78.2 Å². The minimum Gasteiger partial charge on any atom is -0.465 e. The maximum atomic E-state index is 12.9. The van der Waals surface area contributed by atoms with E-state index in [0.29, 0.717) is 11.3 Å². The Hall–Kier alpha value is -4.14. The number of alkyl carbamates (subject to hydrolysis) is 1. The molecule has 2 aromatic carbocycles. The number of benzene rings is 2. The lowest BCUT2D eigenvalue weighted by molar-refractivity contribution is -0.147. The van der Waals surface area contributed by atoms with Crippen LogP contribution in [0.2, 0.25) is 0 Å². The summed E-state index contributed by atoms with van der Waals surface area (Å²) in [6.07, 6.45) is 2.57. The molecule has 0 aliphatic carbocycles. The van der Waals surface area contributed by atoms with Gasteiger partial charge in [-0.2, -0.15) is 0 Å². The molecule has 0 bridgehead atoms. The Morgan fingerprint density at radius 3 is 2.34 bits per heavy atom. The lowest BCUT2D eigenvalue weighted by Gasteiger charge is -2.23. The van der Waals surface area contributed by atoms with Crippen LogP contribution in [0.3, 0.4) is 0 Å². The van der Waals surface area contributed by atoms with E-state index in [0.717, 1.165) is 11.1 Å². The van der Waals surface area contributed by atoms with Crippen LogP contribution in [0.25, 0.3) is 11.3 Å². The van der Waals surface area contributed by atoms with Crippen LogP contribution in [0, 0.1) is 0 Å². The van der Waals surface area contributed by atoms with Gasteiger partial charge in [-0.15, -0.1) is 0 Å². The van der Waals surface area contributed by atoms with Crippen molar-refractivity contribution < 1.29 is 28.6 Å². The zero-order valence-corrected chi connectivity index (χ0v) is 20.2. The Morgan fingerprint density at radius 2 is 1.71 bits per heavy atom. The summed E-state index contributed by atoms with van der Waals surface area (Å²) < 4.78 is 17.1. The zero-order chi connectivity index (χ0) is 25.4. The molecule has 0 saturated carbocycles. The molecule has 1 unspecified atom stereocenters. The lowest BCUT2D eigenvalue weighted by atomic mass is 10.1. The van der Waals surface area contributed by atoms with Gasteiger partial charge in [-0.1, -0.05) is 42.5 Å². The fraction of sp³-hybridized carbons (Fsp3) is 0.308. The number of carbonyl (C=O) groups is 3. The molecule has 1 amide bonds. The molecule has 0 fully saturated rings. The molecule has 184 valence electrons. The van der Waals surface area contributed by atoms with Crippen LogP contribution in [0.5, 0.6) is 0 Å². The molecule has 0 saturated heterocycles. The van der Waals surface area contributed by atoms with Crippen molar-refractivity contribution >= 4 is 18.0 Å². The highest BCUT2D eigenvalue weighted by Gasteiger charge is 2.26. The van der Waals surface area contributed by atoms with Gasteiger partial charge in [-0.3, -0.25) is 0 Å². The van der Waals surface area contributed by atoms with Gasteiger partial charge in [-0.05, 0) is 38.5 Å². The molecule has 3 rings (SSSR count). The SMILES string of the molecule is COC(=O)c1ccc(-c2cn(CC(NC(=O)OC(C)(C)C)C(=O)OCc3ccccc3)cn2)cc1. The molecule has 0 aliphatic heterocycles. The van der Waals surface area contributed by atoms with Crippen molar-refractivity contribution in [2.45, 2.75) is 45.6 Å². The van der Waals surface area contributed by atoms with E-state index in [1.54, 1.807) is 62.1 Å². The number of ether oxygens (including phenoxy) is 3. The second-order valence-electron chi connectivity index (χ2n) is 8.82. The summed E-state index contributed by atoms with van der Waals surface area (Å²) in [5.41, 5.74) is 1.95. The first kappa shape index (κ1) is 25.5.